The second-order valence-corrected chi connectivity index (χ2v) is 4.72. The standard InChI is InChI=1S/C12H19N3O2/c1-12(2,3)17-11(16)15-14-8-9-4-6-10(13)7-5-9/h4-7,14H,8,13H2,1-3H3,(H,15,16). The number of benzene rings is 1. The van der Waals surface area contributed by atoms with Crippen LogP contribution in [0, 0.1) is 0 Å². The monoisotopic (exact) mass is 237 g/mol. The van der Waals surface area contributed by atoms with Crippen molar-refractivity contribution in [3.8, 4) is 0 Å². The van der Waals surface area contributed by atoms with Gasteiger partial charge in [0.25, 0.3) is 0 Å². The van der Waals surface area contributed by atoms with E-state index in [0.717, 1.165) is 5.56 Å². The summed E-state index contributed by atoms with van der Waals surface area (Å²) in [7, 11) is 0. The third-order valence-electron chi connectivity index (χ3n) is 1.86. The maximum Gasteiger partial charge on any atom is 0.422 e. The highest BCUT2D eigenvalue weighted by molar-refractivity contribution is 5.66. The summed E-state index contributed by atoms with van der Waals surface area (Å²) in [6, 6.07) is 7.40. The first kappa shape index (κ1) is 13.3. The van der Waals surface area contributed by atoms with Gasteiger partial charge in [0, 0.05) is 12.2 Å². The molecule has 0 aromatic heterocycles. The first-order valence-corrected chi connectivity index (χ1v) is 5.43. The van der Waals surface area contributed by atoms with Gasteiger partial charge in [-0.25, -0.2) is 10.2 Å². The van der Waals surface area contributed by atoms with Crippen molar-refractivity contribution in [1.29, 1.82) is 0 Å². The van der Waals surface area contributed by atoms with Gasteiger partial charge in [-0.1, -0.05) is 12.1 Å². The predicted octanol–water partition coefficient (Wildman–Crippen LogP) is 1.80. The Kier molecular flexibility index (Phi) is 4.34. The molecule has 0 unspecified atom stereocenters. The number of carbonyl (C=O) groups is 1. The van der Waals surface area contributed by atoms with Crippen LogP contribution in [0.15, 0.2) is 24.3 Å². The van der Waals surface area contributed by atoms with E-state index in [9.17, 15) is 4.79 Å². The van der Waals surface area contributed by atoms with Crippen LogP contribution < -0.4 is 16.6 Å². The third kappa shape index (κ3) is 5.77. The average molecular weight is 237 g/mol. The van der Waals surface area contributed by atoms with Crippen LogP contribution in [0.4, 0.5) is 10.5 Å². The zero-order valence-corrected chi connectivity index (χ0v) is 10.4. The van der Waals surface area contributed by atoms with Gasteiger partial charge >= 0.3 is 6.09 Å². The van der Waals surface area contributed by atoms with Crippen molar-refractivity contribution < 1.29 is 9.53 Å². The summed E-state index contributed by atoms with van der Waals surface area (Å²) >= 11 is 0. The lowest BCUT2D eigenvalue weighted by Crippen LogP contribution is -2.40. The van der Waals surface area contributed by atoms with Gasteiger partial charge in [0.2, 0.25) is 0 Å². The van der Waals surface area contributed by atoms with Crippen molar-refractivity contribution >= 4 is 11.8 Å². The number of nitrogens with two attached hydrogens (primary N) is 1. The Labute approximate surface area is 101 Å². The quantitative estimate of drug-likeness (QED) is 0.553. The number of hydrogen-bond donors (Lipinski definition) is 3. The molecule has 0 saturated heterocycles. The van der Waals surface area contributed by atoms with Gasteiger partial charge in [0.05, 0.1) is 0 Å². The van der Waals surface area contributed by atoms with Crippen molar-refractivity contribution in [2.24, 2.45) is 0 Å². The number of anilines is 1. The predicted molar refractivity (Wildman–Crippen MR) is 67.1 cm³/mol. The maximum absolute atomic E-state index is 11.3. The highest BCUT2D eigenvalue weighted by atomic mass is 16.6. The summed E-state index contributed by atoms with van der Waals surface area (Å²) in [5.74, 6) is 0. The van der Waals surface area contributed by atoms with Gasteiger partial charge < -0.3 is 10.5 Å². The second kappa shape index (κ2) is 5.54. The lowest BCUT2D eigenvalue weighted by Gasteiger charge is -2.19. The van der Waals surface area contributed by atoms with Gasteiger partial charge in [0.15, 0.2) is 0 Å². The zero-order valence-electron chi connectivity index (χ0n) is 10.4. The van der Waals surface area contributed by atoms with Crippen LogP contribution in [0.2, 0.25) is 0 Å². The molecule has 94 valence electrons. The van der Waals surface area contributed by atoms with E-state index in [0.29, 0.717) is 12.2 Å². The molecule has 0 saturated carbocycles. The summed E-state index contributed by atoms with van der Waals surface area (Å²) < 4.78 is 5.06. The average Bonchev–Trinajstić information content (AvgIpc) is 2.18. The molecule has 0 aliphatic rings. The van der Waals surface area contributed by atoms with Crippen LogP contribution in [-0.4, -0.2) is 11.7 Å². The number of carbonyl (C=O) groups excluding carboxylic acids is 1. The first-order chi connectivity index (χ1) is 7.87. The van der Waals surface area contributed by atoms with Crippen molar-refractivity contribution in [2.75, 3.05) is 5.73 Å². The Hall–Kier alpha value is -1.75. The van der Waals surface area contributed by atoms with Gasteiger partial charge in [-0.05, 0) is 38.5 Å². The largest absolute Gasteiger partial charge is 0.443 e. The highest BCUT2D eigenvalue weighted by Gasteiger charge is 2.15. The topological polar surface area (TPSA) is 76.4 Å². The van der Waals surface area contributed by atoms with E-state index in [2.05, 4.69) is 10.9 Å². The molecule has 0 bridgehead atoms. The molecule has 0 atom stereocenters. The van der Waals surface area contributed by atoms with Crippen LogP contribution >= 0.6 is 0 Å². The molecular weight excluding hydrogens is 218 g/mol. The lowest BCUT2D eigenvalue weighted by atomic mass is 10.2. The summed E-state index contributed by atoms with van der Waals surface area (Å²) in [5, 5.41) is 0. The van der Waals surface area contributed by atoms with Crippen molar-refractivity contribution in [3.05, 3.63) is 29.8 Å². The molecule has 0 aliphatic carbocycles. The number of hydrogen-bond acceptors (Lipinski definition) is 4. The van der Waals surface area contributed by atoms with Gasteiger partial charge in [-0.3, -0.25) is 5.43 Å². The minimum Gasteiger partial charge on any atom is -0.443 e. The van der Waals surface area contributed by atoms with Crippen LogP contribution in [0.3, 0.4) is 0 Å². The van der Waals surface area contributed by atoms with Gasteiger partial charge in [0.1, 0.15) is 5.60 Å². The zero-order chi connectivity index (χ0) is 12.9. The molecule has 1 aromatic carbocycles. The normalized spacial score (nSPS) is 11.0. The Morgan fingerprint density at radius 2 is 1.88 bits per heavy atom. The Morgan fingerprint density at radius 3 is 2.41 bits per heavy atom. The number of hydrazine groups is 1. The smallest absolute Gasteiger partial charge is 0.422 e. The fraction of sp³-hybridized carbons (Fsp3) is 0.417. The minimum absolute atomic E-state index is 0.493. The molecule has 1 amide bonds. The van der Waals surface area contributed by atoms with Crippen LogP contribution in [0.5, 0.6) is 0 Å². The number of rotatable bonds is 3. The van der Waals surface area contributed by atoms with Gasteiger partial charge in [-0.2, -0.15) is 0 Å². The van der Waals surface area contributed by atoms with Crippen LogP contribution in [0.25, 0.3) is 0 Å². The molecule has 4 N–H and O–H groups in total. The molecule has 0 aliphatic heterocycles. The van der Waals surface area contributed by atoms with Crippen molar-refractivity contribution in [1.82, 2.24) is 10.9 Å². The number of amides is 1. The molecule has 17 heavy (non-hydrogen) atoms. The Bertz CT molecular complexity index is 368. The molecule has 0 radical (unpaired) electrons. The maximum atomic E-state index is 11.3. The third-order valence-corrected chi connectivity index (χ3v) is 1.86. The molecule has 0 spiro atoms. The van der Waals surface area contributed by atoms with Crippen LogP contribution in [0.1, 0.15) is 26.3 Å². The van der Waals surface area contributed by atoms with E-state index in [1.807, 2.05) is 45.0 Å². The van der Waals surface area contributed by atoms with Crippen molar-refractivity contribution in [3.63, 3.8) is 0 Å². The fourth-order valence-corrected chi connectivity index (χ4v) is 1.16. The lowest BCUT2D eigenvalue weighted by molar-refractivity contribution is 0.0497. The van der Waals surface area contributed by atoms with Gasteiger partial charge in [-0.15, -0.1) is 0 Å². The Morgan fingerprint density at radius 1 is 1.29 bits per heavy atom. The molecule has 0 heterocycles. The summed E-state index contributed by atoms with van der Waals surface area (Å²) in [4.78, 5) is 11.3. The van der Waals surface area contributed by atoms with E-state index >= 15 is 0 Å². The van der Waals surface area contributed by atoms with E-state index in [1.54, 1.807) is 0 Å². The van der Waals surface area contributed by atoms with E-state index in [4.69, 9.17) is 10.5 Å². The van der Waals surface area contributed by atoms with E-state index < -0.39 is 11.7 Å². The molecule has 1 rings (SSSR count). The fourth-order valence-electron chi connectivity index (χ4n) is 1.16. The van der Waals surface area contributed by atoms with Crippen LogP contribution in [-0.2, 0) is 11.3 Å². The summed E-state index contributed by atoms with van der Waals surface area (Å²) in [6.07, 6.45) is -0.493. The number of ether oxygens (including phenoxy) is 1. The van der Waals surface area contributed by atoms with Crippen molar-refractivity contribution in [2.45, 2.75) is 32.9 Å². The molecule has 5 heteroatoms. The number of nitrogen functional groups attached to an aromatic ring is 1. The number of nitrogens with one attached hydrogen (secondary N) is 2. The summed E-state index contributed by atoms with van der Waals surface area (Å²) in [5.41, 5.74) is 12.0. The van der Waals surface area contributed by atoms with E-state index in [1.165, 1.54) is 0 Å². The Balaban J connectivity index is 2.28. The molecular formula is C12H19N3O2. The van der Waals surface area contributed by atoms with E-state index in [-0.39, 0.29) is 0 Å². The molecule has 5 nitrogen and oxygen atoms in total. The minimum atomic E-state index is -0.493. The second-order valence-electron chi connectivity index (χ2n) is 4.72. The summed E-state index contributed by atoms with van der Waals surface area (Å²) in [6.45, 7) is 5.95. The highest BCUT2D eigenvalue weighted by Crippen LogP contribution is 2.06. The molecule has 0 fully saturated rings. The SMILES string of the molecule is CC(C)(C)OC(=O)NNCc1ccc(N)cc1. The first-order valence-electron chi connectivity index (χ1n) is 5.43. The molecule has 1 aromatic rings.